The predicted octanol–water partition coefficient (Wildman–Crippen LogP) is 2.51. The number of rotatable bonds is 2. The monoisotopic (exact) mass is 314 g/mol. The number of hydrogen-bond acceptors (Lipinski definition) is 3. The Hall–Kier alpha value is -2.79. The van der Waals surface area contributed by atoms with E-state index in [9.17, 15) is 14.7 Å². The number of amides is 2. The van der Waals surface area contributed by atoms with Crippen molar-refractivity contribution in [3.05, 3.63) is 64.7 Å². The van der Waals surface area contributed by atoms with Crippen LogP contribution in [0.25, 0.3) is 6.08 Å². The quantitative estimate of drug-likeness (QED) is 0.661. The van der Waals surface area contributed by atoms with Crippen LogP contribution < -0.4 is 10.4 Å². The number of hydrazine groups is 1. The van der Waals surface area contributed by atoms with Crippen molar-refractivity contribution >= 4 is 35.2 Å². The highest BCUT2D eigenvalue weighted by molar-refractivity contribution is 6.32. The summed E-state index contributed by atoms with van der Waals surface area (Å²) in [6.07, 6.45) is 1.32. The Balaban J connectivity index is 1.98. The van der Waals surface area contributed by atoms with E-state index in [0.717, 1.165) is 5.01 Å². The van der Waals surface area contributed by atoms with E-state index in [4.69, 9.17) is 11.6 Å². The summed E-state index contributed by atoms with van der Waals surface area (Å²) in [6, 6.07) is 13.2. The van der Waals surface area contributed by atoms with Gasteiger partial charge in [0, 0.05) is 10.6 Å². The van der Waals surface area contributed by atoms with E-state index in [0.29, 0.717) is 16.3 Å². The number of anilines is 1. The molecule has 2 aromatic rings. The van der Waals surface area contributed by atoms with Crippen molar-refractivity contribution in [3.63, 3.8) is 0 Å². The van der Waals surface area contributed by atoms with E-state index >= 15 is 0 Å². The van der Waals surface area contributed by atoms with Crippen LogP contribution in [0, 0.1) is 0 Å². The average molecular weight is 315 g/mol. The van der Waals surface area contributed by atoms with Crippen LogP contribution in [0.4, 0.5) is 5.69 Å². The minimum atomic E-state index is -0.534. The lowest BCUT2D eigenvalue weighted by atomic mass is 10.1. The van der Waals surface area contributed by atoms with Gasteiger partial charge in [-0.05, 0) is 36.4 Å². The molecule has 0 saturated carbocycles. The number of hydrogen-bond donors (Lipinski definition) is 2. The number of aromatic hydroxyl groups is 1. The van der Waals surface area contributed by atoms with E-state index in [1.165, 1.54) is 24.3 Å². The number of phenols is 1. The summed E-state index contributed by atoms with van der Waals surface area (Å²) in [5.41, 5.74) is 3.28. The van der Waals surface area contributed by atoms with Crippen molar-refractivity contribution in [1.82, 2.24) is 5.43 Å². The van der Waals surface area contributed by atoms with Gasteiger partial charge in [0.15, 0.2) is 0 Å². The third-order valence-electron chi connectivity index (χ3n) is 3.20. The van der Waals surface area contributed by atoms with Crippen LogP contribution >= 0.6 is 11.6 Å². The fourth-order valence-electron chi connectivity index (χ4n) is 2.11. The molecule has 0 spiro atoms. The van der Waals surface area contributed by atoms with Crippen LogP contribution in [0.1, 0.15) is 5.56 Å². The molecule has 6 heteroatoms. The maximum absolute atomic E-state index is 12.4. The molecule has 1 fully saturated rings. The topological polar surface area (TPSA) is 69.6 Å². The van der Waals surface area contributed by atoms with Crippen LogP contribution in [0.2, 0.25) is 5.02 Å². The first-order valence-corrected chi connectivity index (χ1v) is 6.85. The molecule has 22 heavy (non-hydrogen) atoms. The van der Waals surface area contributed by atoms with Crippen molar-refractivity contribution in [1.29, 1.82) is 0 Å². The molecule has 1 heterocycles. The van der Waals surface area contributed by atoms with Gasteiger partial charge in [-0.25, -0.2) is 5.01 Å². The second kappa shape index (κ2) is 5.54. The SMILES string of the molecule is O=C1NN(c2ccccc2)C(=O)/C1=C/c1cc(Cl)ccc1O. The largest absolute Gasteiger partial charge is 0.507 e. The zero-order valence-electron chi connectivity index (χ0n) is 11.3. The lowest BCUT2D eigenvalue weighted by Gasteiger charge is -2.13. The summed E-state index contributed by atoms with van der Waals surface area (Å²) in [4.78, 5) is 24.4. The van der Waals surface area contributed by atoms with E-state index < -0.39 is 11.8 Å². The molecule has 5 nitrogen and oxygen atoms in total. The first-order valence-electron chi connectivity index (χ1n) is 6.47. The smallest absolute Gasteiger partial charge is 0.282 e. The van der Waals surface area contributed by atoms with Gasteiger partial charge in [-0.1, -0.05) is 29.8 Å². The van der Waals surface area contributed by atoms with Crippen LogP contribution in [-0.4, -0.2) is 16.9 Å². The molecule has 1 aliphatic rings. The Morgan fingerprint density at radius 2 is 1.82 bits per heavy atom. The highest BCUT2D eigenvalue weighted by Crippen LogP contribution is 2.26. The fraction of sp³-hybridized carbons (Fsp3) is 0. The Morgan fingerprint density at radius 3 is 2.55 bits per heavy atom. The van der Waals surface area contributed by atoms with Gasteiger partial charge in [-0.15, -0.1) is 0 Å². The lowest BCUT2D eigenvalue weighted by Crippen LogP contribution is -2.35. The second-order valence-corrected chi connectivity index (χ2v) is 5.11. The van der Waals surface area contributed by atoms with Gasteiger partial charge in [0.2, 0.25) is 0 Å². The fourth-order valence-corrected chi connectivity index (χ4v) is 2.29. The number of nitrogens with zero attached hydrogens (tertiary/aromatic N) is 1. The minimum Gasteiger partial charge on any atom is -0.507 e. The molecule has 0 radical (unpaired) electrons. The van der Waals surface area contributed by atoms with Gasteiger partial charge in [0.05, 0.1) is 5.69 Å². The number of halogens is 1. The number of phenolic OH excluding ortho intramolecular Hbond substituents is 1. The average Bonchev–Trinajstić information content (AvgIpc) is 2.80. The number of carbonyl (C=O) groups is 2. The number of para-hydroxylation sites is 1. The number of carbonyl (C=O) groups excluding carboxylic acids is 2. The summed E-state index contributed by atoms with van der Waals surface area (Å²) in [5, 5.41) is 11.4. The van der Waals surface area contributed by atoms with Gasteiger partial charge < -0.3 is 5.11 Å². The van der Waals surface area contributed by atoms with E-state index in [1.807, 2.05) is 6.07 Å². The van der Waals surface area contributed by atoms with Crippen molar-refractivity contribution in [2.75, 3.05) is 5.01 Å². The minimum absolute atomic E-state index is 0.0596. The summed E-state index contributed by atoms with van der Waals surface area (Å²) in [6.45, 7) is 0. The zero-order chi connectivity index (χ0) is 15.7. The second-order valence-electron chi connectivity index (χ2n) is 4.68. The van der Waals surface area contributed by atoms with E-state index in [1.54, 1.807) is 24.3 Å². The number of benzene rings is 2. The number of nitrogens with one attached hydrogen (secondary N) is 1. The molecule has 1 aliphatic heterocycles. The molecule has 0 aliphatic carbocycles. The van der Waals surface area contributed by atoms with Crippen LogP contribution in [0.15, 0.2) is 54.1 Å². The Kier molecular flexibility index (Phi) is 3.56. The molecule has 3 rings (SSSR count). The highest BCUT2D eigenvalue weighted by Gasteiger charge is 2.34. The molecule has 2 amide bonds. The molecular formula is C16H11ClN2O3. The summed E-state index contributed by atoms with van der Waals surface area (Å²) < 4.78 is 0. The molecule has 2 aromatic carbocycles. The van der Waals surface area contributed by atoms with E-state index in [-0.39, 0.29) is 11.3 Å². The Morgan fingerprint density at radius 1 is 1.09 bits per heavy atom. The third-order valence-corrected chi connectivity index (χ3v) is 3.43. The van der Waals surface area contributed by atoms with Gasteiger partial charge in [-0.2, -0.15) is 0 Å². The highest BCUT2D eigenvalue weighted by atomic mass is 35.5. The van der Waals surface area contributed by atoms with Crippen LogP contribution in [0.3, 0.4) is 0 Å². The standard InChI is InChI=1S/C16H11ClN2O3/c17-11-6-7-14(20)10(8-11)9-13-15(21)18-19(16(13)22)12-4-2-1-3-5-12/h1-9,20H,(H,18,21)/b13-9+. The summed E-state index contributed by atoms with van der Waals surface area (Å²) >= 11 is 5.86. The molecule has 0 unspecified atom stereocenters. The maximum atomic E-state index is 12.4. The first kappa shape index (κ1) is 14.2. The Labute approximate surface area is 131 Å². The van der Waals surface area contributed by atoms with Crippen LogP contribution in [-0.2, 0) is 9.59 Å². The summed E-state index contributed by atoms with van der Waals surface area (Å²) in [7, 11) is 0. The Bertz CT molecular complexity index is 787. The molecule has 0 atom stereocenters. The zero-order valence-corrected chi connectivity index (χ0v) is 12.0. The molecule has 1 saturated heterocycles. The normalized spacial score (nSPS) is 16.2. The first-order chi connectivity index (χ1) is 10.6. The van der Waals surface area contributed by atoms with E-state index in [2.05, 4.69) is 5.43 Å². The molecule has 0 aromatic heterocycles. The molecule has 110 valence electrons. The van der Waals surface area contributed by atoms with Crippen molar-refractivity contribution < 1.29 is 14.7 Å². The molecule has 0 bridgehead atoms. The molecule has 2 N–H and O–H groups in total. The maximum Gasteiger partial charge on any atom is 0.282 e. The van der Waals surface area contributed by atoms with Gasteiger partial charge in [0.1, 0.15) is 11.3 Å². The summed E-state index contributed by atoms with van der Waals surface area (Å²) in [5.74, 6) is -1.08. The van der Waals surface area contributed by atoms with Gasteiger partial charge in [-0.3, -0.25) is 15.0 Å². The molecular weight excluding hydrogens is 304 g/mol. The van der Waals surface area contributed by atoms with Crippen LogP contribution in [0.5, 0.6) is 5.75 Å². The van der Waals surface area contributed by atoms with Crippen molar-refractivity contribution in [2.24, 2.45) is 0 Å². The third kappa shape index (κ3) is 2.54. The predicted molar refractivity (Wildman–Crippen MR) is 83.2 cm³/mol. The lowest BCUT2D eigenvalue weighted by molar-refractivity contribution is -0.117. The van der Waals surface area contributed by atoms with Gasteiger partial charge >= 0.3 is 0 Å². The van der Waals surface area contributed by atoms with Crippen molar-refractivity contribution in [3.8, 4) is 5.75 Å². The van der Waals surface area contributed by atoms with Crippen molar-refractivity contribution in [2.45, 2.75) is 0 Å². The van der Waals surface area contributed by atoms with Gasteiger partial charge in [0.25, 0.3) is 11.8 Å².